The molecule has 0 spiro atoms. The Bertz CT molecular complexity index is 478. The molecule has 1 aromatic carbocycles. The Hall–Kier alpha value is -1.06. The standard InChI is InChI=1S/C18H27NO2/c1-14(2)19-10-8-18(20,9-11-19)13-15-7-12-21-17-6-4-3-5-16(15)17/h3-6,14-15,20H,7-13H2,1-2H3. The molecule has 1 saturated heterocycles. The number of hydrogen-bond donors (Lipinski definition) is 1. The number of para-hydroxylation sites is 1. The Balaban J connectivity index is 1.67. The SMILES string of the molecule is CC(C)N1CCC(O)(CC2CCOc3ccccc32)CC1. The molecule has 2 heterocycles. The average Bonchev–Trinajstić information content (AvgIpc) is 2.48. The van der Waals surface area contributed by atoms with Gasteiger partial charge < -0.3 is 14.7 Å². The third kappa shape index (κ3) is 3.24. The van der Waals surface area contributed by atoms with Crippen molar-refractivity contribution in [1.82, 2.24) is 4.90 Å². The van der Waals surface area contributed by atoms with Crippen molar-refractivity contribution in [3.63, 3.8) is 0 Å². The van der Waals surface area contributed by atoms with Crippen molar-refractivity contribution in [3.8, 4) is 5.75 Å². The van der Waals surface area contributed by atoms with Crippen molar-refractivity contribution in [3.05, 3.63) is 29.8 Å². The summed E-state index contributed by atoms with van der Waals surface area (Å²) in [4.78, 5) is 2.46. The van der Waals surface area contributed by atoms with Crippen molar-refractivity contribution < 1.29 is 9.84 Å². The van der Waals surface area contributed by atoms with Gasteiger partial charge >= 0.3 is 0 Å². The monoisotopic (exact) mass is 289 g/mol. The van der Waals surface area contributed by atoms with Gasteiger partial charge in [-0.15, -0.1) is 0 Å². The fourth-order valence-corrected chi connectivity index (χ4v) is 3.75. The number of likely N-dealkylation sites (tertiary alicyclic amines) is 1. The highest BCUT2D eigenvalue weighted by atomic mass is 16.5. The van der Waals surface area contributed by atoms with Gasteiger partial charge in [0.1, 0.15) is 5.75 Å². The van der Waals surface area contributed by atoms with E-state index in [1.165, 1.54) is 5.56 Å². The maximum absolute atomic E-state index is 11.0. The average molecular weight is 289 g/mol. The van der Waals surface area contributed by atoms with Gasteiger partial charge in [0.05, 0.1) is 12.2 Å². The maximum Gasteiger partial charge on any atom is 0.122 e. The lowest BCUT2D eigenvalue weighted by molar-refractivity contribution is -0.0405. The van der Waals surface area contributed by atoms with Crippen LogP contribution < -0.4 is 4.74 Å². The molecule has 1 N–H and O–H groups in total. The van der Waals surface area contributed by atoms with Gasteiger partial charge in [0, 0.05) is 19.1 Å². The van der Waals surface area contributed by atoms with E-state index < -0.39 is 5.60 Å². The zero-order valence-electron chi connectivity index (χ0n) is 13.2. The number of ether oxygens (including phenoxy) is 1. The minimum Gasteiger partial charge on any atom is -0.493 e. The summed E-state index contributed by atoms with van der Waals surface area (Å²) in [6.07, 6.45) is 3.68. The lowest BCUT2D eigenvalue weighted by atomic mass is 9.78. The highest BCUT2D eigenvalue weighted by Gasteiger charge is 2.36. The van der Waals surface area contributed by atoms with E-state index in [0.717, 1.165) is 51.1 Å². The molecule has 2 aliphatic heterocycles. The first-order valence-corrected chi connectivity index (χ1v) is 8.25. The smallest absolute Gasteiger partial charge is 0.122 e. The molecule has 21 heavy (non-hydrogen) atoms. The Labute approximate surface area is 127 Å². The zero-order chi connectivity index (χ0) is 14.9. The summed E-state index contributed by atoms with van der Waals surface area (Å²) < 4.78 is 5.73. The molecule has 1 fully saturated rings. The van der Waals surface area contributed by atoms with Crippen LogP contribution in [0.1, 0.15) is 51.0 Å². The predicted octanol–water partition coefficient (Wildman–Crippen LogP) is 3.18. The molecule has 0 aromatic heterocycles. The van der Waals surface area contributed by atoms with Crippen LogP contribution in [-0.2, 0) is 0 Å². The Kier molecular flexibility index (Phi) is 4.23. The molecule has 1 atom stereocenters. The van der Waals surface area contributed by atoms with E-state index in [0.29, 0.717) is 12.0 Å². The van der Waals surface area contributed by atoms with Crippen molar-refractivity contribution in [2.45, 2.75) is 57.1 Å². The number of hydrogen-bond acceptors (Lipinski definition) is 3. The highest BCUT2D eigenvalue weighted by Crippen LogP contribution is 2.41. The van der Waals surface area contributed by atoms with Crippen LogP contribution in [-0.4, -0.2) is 41.3 Å². The van der Waals surface area contributed by atoms with E-state index >= 15 is 0 Å². The summed E-state index contributed by atoms with van der Waals surface area (Å²) in [7, 11) is 0. The number of aliphatic hydroxyl groups is 1. The molecular weight excluding hydrogens is 262 g/mol. The van der Waals surface area contributed by atoms with Crippen LogP contribution in [0.5, 0.6) is 5.75 Å². The molecule has 3 nitrogen and oxygen atoms in total. The van der Waals surface area contributed by atoms with Crippen LogP contribution in [0.25, 0.3) is 0 Å². The molecule has 0 amide bonds. The fraction of sp³-hybridized carbons (Fsp3) is 0.667. The summed E-state index contributed by atoms with van der Waals surface area (Å²) in [5.41, 5.74) is 0.781. The van der Waals surface area contributed by atoms with E-state index in [1.807, 2.05) is 12.1 Å². The van der Waals surface area contributed by atoms with Crippen molar-refractivity contribution >= 4 is 0 Å². The quantitative estimate of drug-likeness (QED) is 0.927. The topological polar surface area (TPSA) is 32.7 Å². The number of benzene rings is 1. The fourth-order valence-electron chi connectivity index (χ4n) is 3.75. The molecule has 3 heteroatoms. The number of rotatable bonds is 3. The molecule has 0 saturated carbocycles. The molecule has 0 bridgehead atoms. The van der Waals surface area contributed by atoms with E-state index in [1.54, 1.807) is 0 Å². The second kappa shape index (κ2) is 5.98. The molecule has 2 aliphatic rings. The van der Waals surface area contributed by atoms with Gasteiger partial charge in [-0.1, -0.05) is 18.2 Å². The van der Waals surface area contributed by atoms with Crippen LogP contribution in [0.2, 0.25) is 0 Å². The molecule has 1 aromatic rings. The predicted molar refractivity (Wildman–Crippen MR) is 84.8 cm³/mol. The largest absolute Gasteiger partial charge is 0.493 e. The van der Waals surface area contributed by atoms with E-state index in [4.69, 9.17) is 4.74 Å². The zero-order valence-corrected chi connectivity index (χ0v) is 13.2. The van der Waals surface area contributed by atoms with Gasteiger partial charge in [-0.25, -0.2) is 0 Å². The molecular formula is C18H27NO2. The summed E-state index contributed by atoms with van der Waals surface area (Å²) in [6, 6.07) is 8.89. The van der Waals surface area contributed by atoms with Crippen molar-refractivity contribution in [2.24, 2.45) is 0 Å². The molecule has 3 rings (SSSR count). The van der Waals surface area contributed by atoms with Gasteiger partial charge in [-0.3, -0.25) is 0 Å². The van der Waals surface area contributed by atoms with Crippen LogP contribution in [0.15, 0.2) is 24.3 Å². The molecule has 0 aliphatic carbocycles. The van der Waals surface area contributed by atoms with Gasteiger partial charge in [-0.05, 0) is 57.1 Å². The van der Waals surface area contributed by atoms with Gasteiger partial charge in [0.15, 0.2) is 0 Å². The van der Waals surface area contributed by atoms with Crippen LogP contribution in [0.3, 0.4) is 0 Å². The Morgan fingerprint density at radius 3 is 2.71 bits per heavy atom. The highest BCUT2D eigenvalue weighted by molar-refractivity contribution is 5.38. The number of fused-ring (bicyclic) bond motifs is 1. The molecule has 116 valence electrons. The normalized spacial score (nSPS) is 25.4. The minimum absolute atomic E-state index is 0.436. The summed E-state index contributed by atoms with van der Waals surface area (Å²) in [5.74, 6) is 1.45. The number of nitrogens with zero attached hydrogens (tertiary/aromatic N) is 1. The van der Waals surface area contributed by atoms with E-state index in [-0.39, 0.29) is 0 Å². The van der Waals surface area contributed by atoms with Gasteiger partial charge in [0.25, 0.3) is 0 Å². The maximum atomic E-state index is 11.0. The van der Waals surface area contributed by atoms with Crippen LogP contribution in [0, 0.1) is 0 Å². The van der Waals surface area contributed by atoms with Crippen LogP contribution >= 0.6 is 0 Å². The summed E-state index contributed by atoms with van der Waals surface area (Å²) >= 11 is 0. The van der Waals surface area contributed by atoms with Crippen LogP contribution in [0.4, 0.5) is 0 Å². The molecule has 1 unspecified atom stereocenters. The lowest BCUT2D eigenvalue weighted by Crippen LogP contribution is -2.47. The second-order valence-electron chi connectivity index (χ2n) is 6.93. The summed E-state index contributed by atoms with van der Waals surface area (Å²) in [5, 5.41) is 11.0. The van der Waals surface area contributed by atoms with E-state index in [2.05, 4.69) is 30.9 Å². The molecule has 0 radical (unpaired) electrons. The number of piperidine rings is 1. The third-order valence-electron chi connectivity index (χ3n) is 5.17. The first-order valence-electron chi connectivity index (χ1n) is 8.25. The Morgan fingerprint density at radius 2 is 2.00 bits per heavy atom. The van der Waals surface area contributed by atoms with Gasteiger partial charge in [-0.2, -0.15) is 0 Å². The van der Waals surface area contributed by atoms with E-state index in [9.17, 15) is 5.11 Å². The van der Waals surface area contributed by atoms with Crippen molar-refractivity contribution in [2.75, 3.05) is 19.7 Å². The first kappa shape index (κ1) is 14.9. The minimum atomic E-state index is -0.499. The Morgan fingerprint density at radius 1 is 1.29 bits per heavy atom. The first-order chi connectivity index (χ1) is 10.1. The van der Waals surface area contributed by atoms with Gasteiger partial charge in [0.2, 0.25) is 0 Å². The lowest BCUT2D eigenvalue weighted by Gasteiger charge is -2.42. The third-order valence-corrected chi connectivity index (χ3v) is 5.17. The summed E-state index contributed by atoms with van der Waals surface area (Å²) in [6.45, 7) is 7.27. The second-order valence-corrected chi connectivity index (χ2v) is 6.93. The van der Waals surface area contributed by atoms with Crippen molar-refractivity contribution in [1.29, 1.82) is 0 Å².